The number of anilines is 1. The minimum Gasteiger partial charge on any atom is -0.406 e. The third kappa shape index (κ3) is 5.30. The maximum Gasteiger partial charge on any atom is 0.573 e. The first kappa shape index (κ1) is 21.5. The van der Waals surface area contributed by atoms with E-state index in [9.17, 15) is 22.8 Å². The third-order valence-electron chi connectivity index (χ3n) is 4.38. The summed E-state index contributed by atoms with van der Waals surface area (Å²) < 4.78 is 41.8. The molecule has 0 radical (unpaired) electrons. The van der Waals surface area contributed by atoms with E-state index in [4.69, 9.17) is 0 Å². The van der Waals surface area contributed by atoms with Gasteiger partial charge in [0.05, 0.1) is 17.2 Å². The number of halogens is 3. The fourth-order valence-electron chi connectivity index (χ4n) is 2.99. The van der Waals surface area contributed by atoms with Crippen LogP contribution in [-0.4, -0.2) is 26.8 Å². The van der Waals surface area contributed by atoms with Crippen LogP contribution in [0.25, 0.3) is 10.9 Å². The summed E-state index contributed by atoms with van der Waals surface area (Å²) in [6, 6.07) is 12.4. The first-order valence-electron chi connectivity index (χ1n) is 9.30. The lowest BCUT2D eigenvalue weighted by molar-refractivity contribution is -0.274. The summed E-state index contributed by atoms with van der Waals surface area (Å²) in [6.45, 7) is -0.216. The molecule has 0 saturated carbocycles. The highest BCUT2D eigenvalue weighted by molar-refractivity contribution is 7.15. The fraction of sp³-hybridized carbons (Fsp3) is 0.143. The molecule has 0 atom stereocenters. The van der Waals surface area contributed by atoms with Gasteiger partial charge in [0, 0.05) is 17.5 Å². The minimum atomic E-state index is -4.74. The molecule has 7 nitrogen and oxygen atoms in total. The van der Waals surface area contributed by atoms with Gasteiger partial charge in [-0.25, -0.2) is 9.97 Å². The van der Waals surface area contributed by atoms with Gasteiger partial charge in [-0.1, -0.05) is 24.3 Å². The topological polar surface area (TPSA) is 86.1 Å². The van der Waals surface area contributed by atoms with Gasteiger partial charge >= 0.3 is 6.36 Å². The second-order valence-electron chi connectivity index (χ2n) is 6.74. The Bertz CT molecular complexity index is 1320. The largest absolute Gasteiger partial charge is 0.573 e. The van der Waals surface area contributed by atoms with Crippen molar-refractivity contribution in [1.29, 1.82) is 0 Å². The van der Waals surface area contributed by atoms with Crippen molar-refractivity contribution in [3.63, 3.8) is 0 Å². The molecule has 0 unspecified atom stereocenters. The Morgan fingerprint density at radius 1 is 1.09 bits per heavy atom. The van der Waals surface area contributed by atoms with Gasteiger partial charge in [-0.3, -0.25) is 14.2 Å². The number of benzene rings is 2. The number of hydrogen-bond donors (Lipinski definition) is 1. The van der Waals surface area contributed by atoms with E-state index in [1.54, 1.807) is 30.5 Å². The standard InChI is InChI=1S/C21H15F3N4O3S/c22-21(23,24)31-14-7-5-13(6-8-14)9-15-10-25-20(32-15)27-18(29)11-28-12-26-17-4-2-1-3-16(17)19(28)30/h1-8,10,12H,9,11H2,(H,25,27,29). The Kier molecular flexibility index (Phi) is 5.91. The van der Waals surface area contributed by atoms with Crippen molar-refractivity contribution in [3.8, 4) is 5.75 Å². The maximum absolute atomic E-state index is 12.5. The van der Waals surface area contributed by atoms with Gasteiger partial charge in [0.15, 0.2) is 5.13 Å². The highest BCUT2D eigenvalue weighted by Gasteiger charge is 2.30. The van der Waals surface area contributed by atoms with E-state index >= 15 is 0 Å². The molecule has 0 aliphatic heterocycles. The van der Waals surface area contributed by atoms with Gasteiger partial charge in [-0.2, -0.15) is 0 Å². The SMILES string of the molecule is O=C(Cn1cnc2ccccc2c1=O)Nc1ncc(Cc2ccc(OC(F)(F)F)cc2)s1. The lowest BCUT2D eigenvalue weighted by Crippen LogP contribution is -2.27. The van der Waals surface area contributed by atoms with Crippen LogP contribution in [0.3, 0.4) is 0 Å². The number of nitrogens with one attached hydrogen (secondary N) is 1. The molecule has 4 aromatic rings. The van der Waals surface area contributed by atoms with E-state index in [0.29, 0.717) is 22.5 Å². The van der Waals surface area contributed by atoms with E-state index in [1.165, 1.54) is 46.5 Å². The normalized spacial score (nSPS) is 11.5. The molecule has 1 N–H and O–H groups in total. The summed E-state index contributed by atoms with van der Waals surface area (Å²) in [4.78, 5) is 34.0. The van der Waals surface area contributed by atoms with Crippen molar-refractivity contribution in [2.75, 3.05) is 5.32 Å². The molecule has 0 spiro atoms. The average Bonchev–Trinajstić information content (AvgIpc) is 3.17. The number of nitrogens with zero attached hydrogens (tertiary/aromatic N) is 3. The Morgan fingerprint density at radius 2 is 1.84 bits per heavy atom. The van der Waals surface area contributed by atoms with Crippen LogP contribution in [0, 0.1) is 0 Å². The van der Waals surface area contributed by atoms with Crippen LogP contribution in [0.5, 0.6) is 5.75 Å². The van der Waals surface area contributed by atoms with Crippen molar-refractivity contribution in [3.05, 3.63) is 81.8 Å². The molecule has 0 fully saturated rings. The lowest BCUT2D eigenvalue weighted by Gasteiger charge is -2.08. The number of alkyl halides is 3. The molecule has 2 aromatic carbocycles. The molecule has 4 rings (SSSR count). The van der Waals surface area contributed by atoms with Crippen molar-refractivity contribution < 1.29 is 22.7 Å². The Hall–Kier alpha value is -3.73. The number of para-hydroxylation sites is 1. The number of carbonyl (C=O) groups excluding carboxylic acids is 1. The number of amides is 1. The zero-order chi connectivity index (χ0) is 22.7. The summed E-state index contributed by atoms with van der Waals surface area (Å²) in [5.74, 6) is -0.726. The Morgan fingerprint density at radius 3 is 2.59 bits per heavy atom. The minimum absolute atomic E-state index is 0.216. The summed E-state index contributed by atoms with van der Waals surface area (Å²) in [6.07, 6.45) is -1.41. The molecule has 0 bridgehead atoms. The summed E-state index contributed by atoms with van der Waals surface area (Å²) in [5, 5.41) is 3.42. The third-order valence-corrected chi connectivity index (χ3v) is 5.29. The van der Waals surface area contributed by atoms with E-state index in [1.807, 2.05) is 0 Å². The second kappa shape index (κ2) is 8.79. The molecule has 32 heavy (non-hydrogen) atoms. The van der Waals surface area contributed by atoms with Crippen LogP contribution < -0.4 is 15.6 Å². The van der Waals surface area contributed by atoms with Gasteiger partial charge in [0.1, 0.15) is 12.3 Å². The predicted octanol–water partition coefficient (Wildman–Crippen LogP) is 3.98. The molecule has 164 valence electrons. The number of hydrogen-bond acceptors (Lipinski definition) is 6. The molecular formula is C21H15F3N4O3S. The van der Waals surface area contributed by atoms with Gasteiger partial charge < -0.3 is 10.1 Å². The molecule has 2 heterocycles. The zero-order valence-electron chi connectivity index (χ0n) is 16.3. The first-order chi connectivity index (χ1) is 15.3. The molecule has 0 aliphatic carbocycles. The molecular weight excluding hydrogens is 445 g/mol. The van der Waals surface area contributed by atoms with Crippen LogP contribution in [0.15, 0.2) is 65.8 Å². The van der Waals surface area contributed by atoms with Crippen LogP contribution in [0.1, 0.15) is 10.4 Å². The molecule has 2 aromatic heterocycles. The highest BCUT2D eigenvalue weighted by atomic mass is 32.1. The summed E-state index contributed by atoms with van der Waals surface area (Å²) in [5.41, 5.74) is 0.995. The van der Waals surface area contributed by atoms with E-state index < -0.39 is 12.3 Å². The number of carbonyl (C=O) groups is 1. The molecule has 0 saturated heterocycles. The monoisotopic (exact) mass is 460 g/mol. The number of fused-ring (bicyclic) bond motifs is 1. The van der Waals surface area contributed by atoms with E-state index in [2.05, 4.69) is 20.0 Å². The quantitative estimate of drug-likeness (QED) is 0.471. The van der Waals surface area contributed by atoms with Crippen molar-refractivity contribution in [2.45, 2.75) is 19.3 Å². The molecule has 1 amide bonds. The first-order valence-corrected chi connectivity index (χ1v) is 10.1. The van der Waals surface area contributed by atoms with Gasteiger partial charge in [0.25, 0.3) is 5.56 Å². The number of thiazole rings is 1. The lowest BCUT2D eigenvalue weighted by atomic mass is 10.1. The Labute approximate surface area is 183 Å². The van der Waals surface area contributed by atoms with Crippen molar-refractivity contribution in [2.24, 2.45) is 0 Å². The second-order valence-corrected chi connectivity index (χ2v) is 7.86. The van der Waals surface area contributed by atoms with Crippen LogP contribution >= 0.6 is 11.3 Å². The maximum atomic E-state index is 12.5. The van der Waals surface area contributed by atoms with Gasteiger partial charge in [0.2, 0.25) is 5.91 Å². The summed E-state index contributed by atoms with van der Waals surface area (Å²) >= 11 is 1.23. The number of ether oxygens (including phenoxy) is 1. The smallest absolute Gasteiger partial charge is 0.406 e. The van der Waals surface area contributed by atoms with Gasteiger partial charge in [-0.05, 0) is 29.8 Å². The van der Waals surface area contributed by atoms with Crippen LogP contribution in [0.4, 0.5) is 18.3 Å². The van der Waals surface area contributed by atoms with Crippen molar-refractivity contribution >= 4 is 33.3 Å². The molecule has 0 aliphatic rings. The van der Waals surface area contributed by atoms with Crippen LogP contribution in [-0.2, 0) is 17.8 Å². The van der Waals surface area contributed by atoms with E-state index in [0.717, 1.165) is 10.4 Å². The van der Waals surface area contributed by atoms with E-state index in [-0.39, 0.29) is 17.9 Å². The van der Waals surface area contributed by atoms with Gasteiger partial charge in [-0.15, -0.1) is 24.5 Å². The number of rotatable bonds is 6. The number of aromatic nitrogens is 3. The predicted molar refractivity (Wildman–Crippen MR) is 113 cm³/mol. The summed E-state index contributed by atoms with van der Waals surface area (Å²) in [7, 11) is 0. The van der Waals surface area contributed by atoms with Crippen LogP contribution in [0.2, 0.25) is 0 Å². The Balaban J connectivity index is 1.37. The van der Waals surface area contributed by atoms with Crippen molar-refractivity contribution in [1.82, 2.24) is 14.5 Å². The molecule has 11 heteroatoms. The average molecular weight is 460 g/mol. The fourth-order valence-corrected chi connectivity index (χ4v) is 3.85. The zero-order valence-corrected chi connectivity index (χ0v) is 17.1. The highest BCUT2D eigenvalue weighted by Crippen LogP contribution is 2.25.